The monoisotopic (exact) mass is 630 g/mol. The van der Waals surface area contributed by atoms with E-state index in [1.165, 1.54) is 95.4 Å². The molecule has 0 N–H and O–H groups in total. The van der Waals surface area contributed by atoms with Crippen LogP contribution in [0.2, 0.25) is 0 Å². The Morgan fingerprint density at radius 1 is 0.652 bits per heavy atom. The van der Waals surface area contributed by atoms with E-state index in [0.29, 0.717) is 18.0 Å². The fourth-order valence-corrected chi connectivity index (χ4v) is 4.92. The first-order valence-electron chi connectivity index (χ1n) is 17.0. The number of esters is 3. The van der Waals surface area contributed by atoms with E-state index in [-0.39, 0.29) is 11.3 Å². The highest BCUT2D eigenvalue weighted by Crippen LogP contribution is 2.19. The Balaban J connectivity index is 1.38. The highest BCUT2D eigenvalue weighted by Gasteiger charge is 2.20. The van der Waals surface area contributed by atoms with E-state index < -0.39 is 24.0 Å². The third-order valence-corrected chi connectivity index (χ3v) is 7.81. The summed E-state index contributed by atoms with van der Waals surface area (Å²) in [7, 11) is 0. The zero-order valence-corrected chi connectivity index (χ0v) is 27.8. The summed E-state index contributed by atoms with van der Waals surface area (Å²) in [6, 6.07) is 12.9. The summed E-state index contributed by atoms with van der Waals surface area (Å²) in [5.74, 6) is -0.911. The number of nitrogens with zero attached hydrogens (tertiary/aromatic N) is 2. The topological polar surface area (TPSA) is 105 Å². The molecule has 3 rings (SSSR count). The second-order valence-corrected chi connectivity index (χ2v) is 11.8. The molecule has 0 fully saturated rings. The molecule has 8 nitrogen and oxygen atoms in total. The van der Waals surface area contributed by atoms with Crippen LogP contribution in [0.25, 0.3) is 11.4 Å². The highest BCUT2D eigenvalue weighted by molar-refractivity contribution is 5.93. The molecule has 0 unspecified atom stereocenters. The largest absolute Gasteiger partial charge is 0.463 e. The summed E-state index contributed by atoms with van der Waals surface area (Å²) >= 11 is 0. The van der Waals surface area contributed by atoms with Crippen molar-refractivity contribution in [2.24, 2.45) is 0 Å². The van der Waals surface area contributed by atoms with Gasteiger partial charge in [-0.05, 0) is 68.1 Å². The highest BCUT2D eigenvalue weighted by atomic mass is 16.6. The molecule has 1 heterocycles. The zero-order valence-electron chi connectivity index (χ0n) is 27.8. The van der Waals surface area contributed by atoms with Crippen molar-refractivity contribution in [2.45, 2.75) is 117 Å². The number of ether oxygens (including phenoxy) is 3. The van der Waals surface area contributed by atoms with Crippen LogP contribution in [0.15, 0.2) is 60.9 Å². The molecule has 2 aromatic carbocycles. The average molecular weight is 631 g/mol. The van der Waals surface area contributed by atoms with Crippen molar-refractivity contribution >= 4 is 17.9 Å². The molecule has 0 spiro atoms. The third-order valence-electron chi connectivity index (χ3n) is 7.81. The first kappa shape index (κ1) is 36.4. The van der Waals surface area contributed by atoms with E-state index in [0.717, 1.165) is 36.8 Å². The molecule has 0 aliphatic carbocycles. The van der Waals surface area contributed by atoms with Crippen LogP contribution in [0.4, 0.5) is 0 Å². The van der Waals surface area contributed by atoms with E-state index in [1.54, 1.807) is 24.3 Å². The third kappa shape index (κ3) is 13.1. The molecule has 0 aliphatic heterocycles. The van der Waals surface area contributed by atoms with Crippen molar-refractivity contribution in [3.05, 3.63) is 77.6 Å². The van der Waals surface area contributed by atoms with Crippen LogP contribution in [0, 0.1) is 0 Å². The van der Waals surface area contributed by atoms with Gasteiger partial charge < -0.3 is 14.2 Å². The van der Waals surface area contributed by atoms with Crippen LogP contribution in [-0.2, 0) is 20.7 Å². The smallest absolute Gasteiger partial charge is 0.347 e. The number of rotatable bonds is 21. The molecule has 0 radical (unpaired) electrons. The van der Waals surface area contributed by atoms with Gasteiger partial charge in [0.15, 0.2) is 11.9 Å². The van der Waals surface area contributed by atoms with Crippen molar-refractivity contribution in [1.29, 1.82) is 0 Å². The number of aryl methyl sites for hydroxylation is 1. The molecular weight excluding hydrogens is 580 g/mol. The summed E-state index contributed by atoms with van der Waals surface area (Å²) in [5.41, 5.74) is 2.54. The maximum absolute atomic E-state index is 12.7. The van der Waals surface area contributed by atoms with E-state index in [2.05, 4.69) is 16.9 Å². The molecule has 0 amide bonds. The van der Waals surface area contributed by atoms with Gasteiger partial charge in [0.2, 0.25) is 0 Å². The number of benzene rings is 2. The molecule has 1 aromatic heterocycles. The van der Waals surface area contributed by atoms with Crippen LogP contribution in [0.1, 0.15) is 131 Å². The molecule has 0 bridgehead atoms. The van der Waals surface area contributed by atoms with Crippen molar-refractivity contribution in [3.8, 4) is 17.1 Å². The van der Waals surface area contributed by atoms with Crippen molar-refractivity contribution in [3.63, 3.8) is 0 Å². The van der Waals surface area contributed by atoms with Gasteiger partial charge in [-0.2, -0.15) is 0 Å². The Kier molecular flexibility index (Phi) is 16.5. The van der Waals surface area contributed by atoms with Gasteiger partial charge in [-0.25, -0.2) is 24.4 Å². The van der Waals surface area contributed by atoms with Gasteiger partial charge in [0.1, 0.15) is 5.75 Å². The van der Waals surface area contributed by atoms with Gasteiger partial charge in [0, 0.05) is 18.0 Å². The Bertz CT molecular complexity index is 1320. The molecule has 46 heavy (non-hydrogen) atoms. The molecule has 1 atom stereocenters. The second-order valence-electron chi connectivity index (χ2n) is 11.8. The minimum atomic E-state index is -1.02. The predicted molar refractivity (Wildman–Crippen MR) is 180 cm³/mol. The lowest BCUT2D eigenvalue weighted by molar-refractivity contribution is -0.153. The molecule has 248 valence electrons. The lowest BCUT2D eigenvalue weighted by Crippen LogP contribution is -2.26. The van der Waals surface area contributed by atoms with Crippen LogP contribution >= 0.6 is 0 Å². The molecular formula is C38H50N2O6. The van der Waals surface area contributed by atoms with Gasteiger partial charge in [0.05, 0.1) is 17.7 Å². The number of carbonyl (C=O) groups excluding carboxylic acids is 3. The number of hydrogen-bond donors (Lipinski definition) is 0. The first-order chi connectivity index (χ1) is 22.4. The number of carbonyl (C=O) groups is 3. The maximum atomic E-state index is 12.7. The number of hydrogen-bond acceptors (Lipinski definition) is 8. The van der Waals surface area contributed by atoms with E-state index in [9.17, 15) is 14.4 Å². The standard InChI is InChI=1S/C38H50N2O6/c1-4-6-8-9-10-11-12-13-14-15-16-17-30-27-39-35(40-28-30)31-18-20-32(21-19-31)38(43)46-34-24-22-33(23-25-34)37(42)45-29(3)36(41)44-26-7-5-2/h18-25,27-29H,4-17,26H2,1-3H3/t29-/m0/s1. The van der Waals surface area contributed by atoms with Crippen LogP contribution < -0.4 is 4.74 Å². The summed E-state index contributed by atoms with van der Waals surface area (Å²) in [4.78, 5) is 46.1. The van der Waals surface area contributed by atoms with Crippen LogP contribution in [0.3, 0.4) is 0 Å². The Morgan fingerprint density at radius 3 is 1.76 bits per heavy atom. The first-order valence-corrected chi connectivity index (χ1v) is 17.0. The number of aromatic nitrogens is 2. The lowest BCUT2D eigenvalue weighted by Gasteiger charge is -2.13. The van der Waals surface area contributed by atoms with Gasteiger partial charge in [0.25, 0.3) is 0 Å². The maximum Gasteiger partial charge on any atom is 0.347 e. The average Bonchev–Trinajstić information content (AvgIpc) is 3.08. The predicted octanol–water partition coefficient (Wildman–Crippen LogP) is 9.10. The fraction of sp³-hybridized carbons (Fsp3) is 0.500. The summed E-state index contributed by atoms with van der Waals surface area (Å²) in [6.07, 6.45) is 20.0. The number of unbranched alkanes of at least 4 members (excludes halogenated alkanes) is 11. The molecule has 0 aliphatic rings. The van der Waals surface area contributed by atoms with E-state index in [4.69, 9.17) is 14.2 Å². The Labute approximate surface area is 274 Å². The zero-order chi connectivity index (χ0) is 33.0. The molecule has 3 aromatic rings. The van der Waals surface area contributed by atoms with Crippen LogP contribution in [-0.4, -0.2) is 40.6 Å². The van der Waals surface area contributed by atoms with Gasteiger partial charge in [-0.1, -0.05) is 96.6 Å². The van der Waals surface area contributed by atoms with Gasteiger partial charge in [-0.3, -0.25) is 0 Å². The summed E-state index contributed by atoms with van der Waals surface area (Å²) in [5, 5.41) is 0. The minimum Gasteiger partial charge on any atom is -0.463 e. The summed E-state index contributed by atoms with van der Waals surface area (Å²) in [6.45, 7) is 6.01. The Morgan fingerprint density at radius 2 is 1.17 bits per heavy atom. The van der Waals surface area contributed by atoms with Crippen molar-refractivity contribution < 1.29 is 28.6 Å². The van der Waals surface area contributed by atoms with E-state index in [1.807, 2.05) is 19.3 Å². The van der Waals surface area contributed by atoms with Gasteiger partial charge >= 0.3 is 17.9 Å². The summed E-state index contributed by atoms with van der Waals surface area (Å²) < 4.78 is 15.7. The van der Waals surface area contributed by atoms with E-state index >= 15 is 0 Å². The molecule has 0 saturated heterocycles. The van der Waals surface area contributed by atoms with Crippen LogP contribution in [0.5, 0.6) is 5.75 Å². The normalized spacial score (nSPS) is 11.5. The fourth-order valence-electron chi connectivity index (χ4n) is 4.92. The SMILES string of the molecule is CCCCCCCCCCCCCc1cnc(-c2ccc(C(=O)Oc3ccc(C(=O)O[C@@H](C)C(=O)OCCCC)cc3)cc2)nc1. The Hall–Kier alpha value is -4.07. The van der Waals surface area contributed by atoms with Crippen molar-refractivity contribution in [1.82, 2.24) is 9.97 Å². The minimum absolute atomic E-state index is 0.224. The second kappa shape index (κ2) is 20.9. The quantitative estimate of drug-likeness (QED) is 0.0652. The van der Waals surface area contributed by atoms with Crippen molar-refractivity contribution in [2.75, 3.05) is 6.61 Å². The van der Waals surface area contributed by atoms with Gasteiger partial charge in [-0.15, -0.1) is 0 Å². The lowest BCUT2D eigenvalue weighted by atomic mass is 10.0. The molecule has 0 saturated carbocycles. The molecule has 8 heteroatoms.